The molecule has 0 saturated carbocycles. The van der Waals surface area contributed by atoms with Gasteiger partial charge in [0.15, 0.2) is 0 Å². The van der Waals surface area contributed by atoms with Crippen molar-refractivity contribution in [3.8, 4) is 0 Å². The summed E-state index contributed by atoms with van der Waals surface area (Å²) in [5.74, 6) is -0.621. The minimum atomic E-state index is -1.07. The first-order valence-electron chi connectivity index (χ1n) is 4.97. The highest BCUT2D eigenvalue weighted by Crippen LogP contribution is 2.18. The Morgan fingerprint density at radius 3 is 2.65 bits per heavy atom. The second-order valence-electron chi connectivity index (χ2n) is 3.45. The van der Waals surface area contributed by atoms with E-state index in [2.05, 4.69) is 10.3 Å². The highest BCUT2D eigenvalue weighted by atomic mass is 16.4. The summed E-state index contributed by atoms with van der Waals surface area (Å²) >= 11 is 0. The number of rotatable bonds is 3. The average molecular weight is 229 g/mol. The minimum absolute atomic E-state index is 0.0402. The molecule has 5 heteroatoms. The SMILES string of the molecule is Nc1cnc(Nc2ccccc2)cc1C(=O)O. The number of aromatic carboxylic acids is 1. The minimum Gasteiger partial charge on any atom is -0.478 e. The Labute approximate surface area is 97.9 Å². The van der Waals surface area contributed by atoms with Gasteiger partial charge in [-0.15, -0.1) is 0 Å². The number of nitrogens with zero attached hydrogens (tertiary/aromatic N) is 1. The normalized spacial score (nSPS) is 9.88. The fraction of sp³-hybridized carbons (Fsp3) is 0. The van der Waals surface area contributed by atoms with Gasteiger partial charge in [-0.05, 0) is 18.2 Å². The van der Waals surface area contributed by atoms with Crippen molar-refractivity contribution < 1.29 is 9.90 Å². The van der Waals surface area contributed by atoms with Crippen LogP contribution in [0.3, 0.4) is 0 Å². The largest absolute Gasteiger partial charge is 0.478 e. The smallest absolute Gasteiger partial charge is 0.337 e. The summed E-state index contributed by atoms with van der Waals surface area (Å²) < 4.78 is 0. The lowest BCUT2D eigenvalue weighted by molar-refractivity contribution is 0.0698. The van der Waals surface area contributed by atoms with Crippen LogP contribution in [0.5, 0.6) is 0 Å². The Morgan fingerprint density at radius 2 is 2.00 bits per heavy atom. The number of anilines is 3. The number of benzene rings is 1. The van der Waals surface area contributed by atoms with E-state index in [-0.39, 0.29) is 11.3 Å². The summed E-state index contributed by atoms with van der Waals surface area (Å²) in [7, 11) is 0. The number of nitrogen functional groups attached to an aromatic ring is 1. The fourth-order valence-electron chi connectivity index (χ4n) is 1.39. The molecule has 1 aromatic heterocycles. The summed E-state index contributed by atoms with van der Waals surface area (Å²) in [5, 5.41) is 11.9. The van der Waals surface area contributed by atoms with Crippen molar-refractivity contribution in [1.82, 2.24) is 4.98 Å². The molecule has 0 radical (unpaired) electrons. The number of nitrogens with two attached hydrogens (primary N) is 1. The van der Waals surface area contributed by atoms with Gasteiger partial charge in [0.05, 0.1) is 17.4 Å². The third-order valence-electron chi connectivity index (χ3n) is 2.21. The third-order valence-corrected chi connectivity index (χ3v) is 2.21. The lowest BCUT2D eigenvalue weighted by Gasteiger charge is -2.07. The first kappa shape index (κ1) is 10.9. The Hall–Kier alpha value is -2.56. The summed E-state index contributed by atoms with van der Waals surface area (Å²) in [5.41, 5.74) is 6.54. The predicted octanol–water partition coefficient (Wildman–Crippen LogP) is 2.11. The Balaban J connectivity index is 2.29. The molecule has 0 aliphatic rings. The third kappa shape index (κ3) is 2.52. The summed E-state index contributed by atoms with van der Waals surface area (Å²) in [4.78, 5) is 14.9. The van der Waals surface area contributed by atoms with E-state index in [9.17, 15) is 4.79 Å². The Bertz CT molecular complexity index is 541. The van der Waals surface area contributed by atoms with Crippen LogP contribution in [0.2, 0.25) is 0 Å². The monoisotopic (exact) mass is 229 g/mol. The van der Waals surface area contributed by atoms with Gasteiger partial charge in [0.2, 0.25) is 0 Å². The molecule has 0 amide bonds. The van der Waals surface area contributed by atoms with E-state index < -0.39 is 5.97 Å². The molecule has 0 aliphatic carbocycles. The van der Waals surface area contributed by atoms with Crippen LogP contribution in [0.15, 0.2) is 42.6 Å². The molecule has 2 aromatic rings. The molecular formula is C12H11N3O2. The molecule has 1 aromatic carbocycles. The van der Waals surface area contributed by atoms with E-state index in [0.29, 0.717) is 5.82 Å². The molecule has 0 fully saturated rings. The van der Waals surface area contributed by atoms with Crippen LogP contribution < -0.4 is 11.1 Å². The number of pyridine rings is 1. The van der Waals surface area contributed by atoms with E-state index in [0.717, 1.165) is 5.69 Å². The molecule has 0 bridgehead atoms. The molecule has 0 unspecified atom stereocenters. The maximum Gasteiger partial charge on any atom is 0.337 e. The number of para-hydroxylation sites is 1. The molecule has 0 aliphatic heterocycles. The van der Waals surface area contributed by atoms with Crippen molar-refractivity contribution in [2.75, 3.05) is 11.1 Å². The number of hydrogen-bond acceptors (Lipinski definition) is 4. The van der Waals surface area contributed by atoms with Gasteiger partial charge in [0.25, 0.3) is 0 Å². The van der Waals surface area contributed by atoms with Crippen LogP contribution in [0, 0.1) is 0 Å². The standard InChI is InChI=1S/C12H11N3O2/c13-10-7-14-11(6-9(10)12(16)17)15-8-4-2-1-3-5-8/h1-7H,13H2,(H,14,15)(H,16,17). The zero-order valence-electron chi connectivity index (χ0n) is 8.92. The van der Waals surface area contributed by atoms with Gasteiger partial charge in [-0.3, -0.25) is 0 Å². The van der Waals surface area contributed by atoms with E-state index >= 15 is 0 Å². The van der Waals surface area contributed by atoms with E-state index in [4.69, 9.17) is 10.8 Å². The van der Waals surface area contributed by atoms with Gasteiger partial charge in [-0.1, -0.05) is 18.2 Å². The van der Waals surface area contributed by atoms with Gasteiger partial charge in [-0.2, -0.15) is 0 Å². The van der Waals surface area contributed by atoms with Gasteiger partial charge in [0.1, 0.15) is 5.82 Å². The van der Waals surface area contributed by atoms with Crippen LogP contribution in [0.25, 0.3) is 0 Å². The zero-order chi connectivity index (χ0) is 12.3. The fourth-order valence-corrected chi connectivity index (χ4v) is 1.39. The molecule has 0 saturated heterocycles. The number of carboxylic acids is 1. The first-order valence-corrected chi connectivity index (χ1v) is 4.97. The first-order chi connectivity index (χ1) is 8.16. The summed E-state index contributed by atoms with van der Waals surface area (Å²) in [6, 6.07) is 10.8. The molecule has 0 atom stereocenters. The quantitative estimate of drug-likeness (QED) is 0.750. The van der Waals surface area contributed by atoms with E-state index in [1.54, 1.807) is 0 Å². The number of nitrogens with one attached hydrogen (secondary N) is 1. The number of hydrogen-bond donors (Lipinski definition) is 3. The zero-order valence-corrected chi connectivity index (χ0v) is 8.92. The highest BCUT2D eigenvalue weighted by Gasteiger charge is 2.09. The molecule has 1 heterocycles. The predicted molar refractivity (Wildman–Crippen MR) is 65.3 cm³/mol. The van der Waals surface area contributed by atoms with Crippen LogP contribution >= 0.6 is 0 Å². The molecule has 86 valence electrons. The lowest BCUT2D eigenvalue weighted by atomic mass is 10.2. The van der Waals surface area contributed by atoms with Crippen LogP contribution in [0.4, 0.5) is 17.2 Å². The van der Waals surface area contributed by atoms with E-state index in [1.165, 1.54) is 12.3 Å². The van der Waals surface area contributed by atoms with Gasteiger partial charge >= 0.3 is 5.97 Å². The molecule has 5 nitrogen and oxygen atoms in total. The Kier molecular flexibility index (Phi) is 2.91. The van der Waals surface area contributed by atoms with Gasteiger partial charge in [0, 0.05) is 5.69 Å². The molecule has 2 rings (SSSR count). The number of aromatic nitrogens is 1. The van der Waals surface area contributed by atoms with Gasteiger partial charge < -0.3 is 16.2 Å². The van der Waals surface area contributed by atoms with Crippen LogP contribution in [0.1, 0.15) is 10.4 Å². The maximum absolute atomic E-state index is 10.9. The summed E-state index contributed by atoms with van der Waals surface area (Å²) in [6.07, 6.45) is 1.33. The van der Waals surface area contributed by atoms with Crippen LogP contribution in [-0.2, 0) is 0 Å². The molecular weight excluding hydrogens is 218 g/mol. The van der Waals surface area contributed by atoms with Crippen molar-refractivity contribution in [1.29, 1.82) is 0 Å². The van der Waals surface area contributed by atoms with E-state index in [1.807, 2.05) is 30.3 Å². The average Bonchev–Trinajstić information content (AvgIpc) is 2.32. The van der Waals surface area contributed by atoms with Crippen molar-refractivity contribution in [2.24, 2.45) is 0 Å². The van der Waals surface area contributed by atoms with Crippen molar-refractivity contribution in [2.45, 2.75) is 0 Å². The maximum atomic E-state index is 10.9. The lowest BCUT2D eigenvalue weighted by Crippen LogP contribution is -2.04. The van der Waals surface area contributed by atoms with Gasteiger partial charge in [-0.25, -0.2) is 9.78 Å². The Morgan fingerprint density at radius 1 is 1.29 bits per heavy atom. The second-order valence-corrected chi connectivity index (χ2v) is 3.45. The van der Waals surface area contributed by atoms with Crippen molar-refractivity contribution >= 4 is 23.2 Å². The van der Waals surface area contributed by atoms with Crippen molar-refractivity contribution in [3.05, 3.63) is 48.2 Å². The number of carboxylic acid groups (broad SMARTS) is 1. The molecule has 0 spiro atoms. The molecule has 17 heavy (non-hydrogen) atoms. The van der Waals surface area contributed by atoms with Crippen LogP contribution in [-0.4, -0.2) is 16.1 Å². The van der Waals surface area contributed by atoms with Crippen molar-refractivity contribution in [3.63, 3.8) is 0 Å². The topological polar surface area (TPSA) is 88.2 Å². The highest BCUT2D eigenvalue weighted by molar-refractivity contribution is 5.94. The molecule has 4 N–H and O–H groups in total. The second kappa shape index (κ2) is 4.52. The summed E-state index contributed by atoms with van der Waals surface area (Å²) in [6.45, 7) is 0. The number of carbonyl (C=O) groups is 1.